The van der Waals surface area contributed by atoms with Crippen LogP contribution in [-0.2, 0) is 14.9 Å². The molecule has 0 amide bonds. The van der Waals surface area contributed by atoms with E-state index in [1.165, 1.54) is 54.5 Å². The number of quaternary nitrogens is 1. The molecule has 5 fully saturated rings. The summed E-state index contributed by atoms with van der Waals surface area (Å²) in [5, 5.41) is 3.96. The van der Waals surface area contributed by atoms with Crippen LogP contribution in [0.5, 0.6) is 0 Å². The summed E-state index contributed by atoms with van der Waals surface area (Å²) in [4.78, 5) is 13.0. The third kappa shape index (κ3) is 1.70. The molecule has 6 atom stereocenters. The Labute approximate surface area is 167 Å². The van der Waals surface area contributed by atoms with Crippen molar-refractivity contribution in [2.45, 2.75) is 55.5 Å². The lowest BCUT2D eigenvalue weighted by Crippen LogP contribution is -3.00. The highest BCUT2D eigenvalue weighted by molar-refractivity contribution is 5.80. The molecule has 4 nitrogen and oxygen atoms in total. The lowest BCUT2D eigenvalue weighted by molar-refractivity contribution is -0.939. The van der Waals surface area contributed by atoms with Crippen molar-refractivity contribution in [3.05, 3.63) is 29.8 Å². The molecule has 2 saturated heterocycles. The van der Waals surface area contributed by atoms with Crippen LogP contribution in [0.1, 0.15) is 44.1 Å². The Hall–Kier alpha value is -1.26. The van der Waals surface area contributed by atoms with Crippen molar-refractivity contribution in [3.8, 4) is 0 Å². The van der Waals surface area contributed by atoms with E-state index in [9.17, 15) is 4.79 Å². The van der Waals surface area contributed by atoms with Gasteiger partial charge in [0.2, 0.25) is 0 Å². The van der Waals surface area contributed by atoms with E-state index < -0.39 is 0 Å². The van der Waals surface area contributed by atoms with Crippen molar-refractivity contribution in [1.29, 1.82) is 0 Å². The predicted octanol–water partition coefficient (Wildman–Crippen LogP) is 0.0785. The van der Waals surface area contributed by atoms with Gasteiger partial charge >= 0.3 is 5.97 Å². The monoisotopic (exact) mass is 388 g/mol. The van der Waals surface area contributed by atoms with Crippen LogP contribution in [0.4, 0.5) is 5.69 Å². The molecule has 0 aromatic heterocycles. The molecule has 1 aromatic rings. The van der Waals surface area contributed by atoms with E-state index >= 15 is 0 Å². The number of anilines is 1. The second kappa shape index (κ2) is 5.21. The zero-order chi connectivity index (χ0) is 17.8. The van der Waals surface area contributed by atoms with Gasteiger partial charge in [0.15, 0.2) is 0 Å². The van der Waals surface area contributed by atoms with Crippen LogP contribution in [0.3, 0.4) is 0 Å². The van der Waals surface area contributed by atoms with Gasteiger partial charge in [-0.2, -0.15) is 0 Å². The number of carbonyl (C=O) groups is 1. The Bertz CT molecular complexity index is 830. The van der Waals surface area contributed by atoms with Crippen molar-refractivity contribution in [2.75, 3.05) is 32.6 Å². The Morgan fingerprint density at radius 1 is 1.19 bits per heavy atom. The van der Waals surface area contributed by atoms with Crippen LogP contribution < -0.4 is 17.7 Å². The number of hydrogen-bond acceptors (Lipinski definition) is 3. The van der Waals surface area contributed by atoms with E-state index in [0.29, 0.717) is 11.5 Å². The molecule has 2 bridgehead atoms. The number of likely N-dealkylation sites (N-methyl/N-ethyl adjacent to an activating group) is 1. The summed E-state index contributed by atoms with van der Waals surface area (Å²) in [6.45, 7) is 2.55. The van der Waals surface area contributed by atoms with Gasteiger partial charge in [-0.1, -0.05) is 18.2 Å². The second-order valence-corrected chi connectivity index (χ2v) is 9.94. The van der Waals surface area contributed by atoms with E-state index in [0.717, 1.165) is 12.8 Å². The molecular formula is C22H29ClN2O2. The SMILES string of the molecule is COC(=O)C1CC23CCC[N+]4(C)CCC5(c6ccccc6NC15CC2)[C@H]34.[Cl-]. The lowest BCUT2D eigenvalue weighted by atomic mass is 9.38. The van der Waals surface area contributed by atoms with Crippen LogP contribution in [0.2, 0.25) is 0 Å². The van der Waals surface area contributed by atoms with Gasteiger partial charge in [-0.3, -0.25) is 4.79 Å². The number of rotatable bonds is 1. The molecule has 7 rings (SSSR count). The summed E-state index contributed by atoms with van der Waals surface area (Å²) in [7, 11) is 4.07. The minimum absolute atomic E-state index is 0. The average molecular weight is 389 g/mol. The third-order valence-corrected chi connectivity index (χ3v) is 9.30. The molecule has 3 spiro atoms. The zero-order valence-corrected chi connectivity index (χ0v) is 17.0. The van der Waals surface area contributed by atoms with Crippen LogP contribution >= 0.6 is 0 Å². The number of nitrogens with one attached hydrogen (secondary N) is 1. The highest BCUT2D eigenvalue weighted by atomic mass is 35.5. The van der Waals surface area contributed by atoms with E-state index in [1.807, 2.05) is 0 Å². The molecule has 5 heteroatoms. The summed E-state index contributed by atoms with van der Waals surface area (Å²) in [5.41, 5.74) is 3.02. The Morgan fingerprint density at radius 3 is 2.81 bits per heavy atom. The largest absolute Gasteiger partial charge is 1.00 e. The summed E-state index contributed by atoms with van der Waals surface area (Å²) in [5.74, 6) is -0.0107. The van der Waals surface area contributed by atoms with Crippen molar-refractivity contribution >= 4 is 11.7 Å². The highest BCUT2D eigenvalue weighted by Gasteiger charge is 2.83. The third-order valence-electron chi connectivity index (χ3n) is 9.30. The molecule has 3 saturated carbocycles. The number of benzene rings is 1. The van der Waals surface area contributed by atoms with Crippen LogP contribution in [0.25, 0.3) is 0 Å². The molecule has 27 heavy (non-hydrogen) atoms. The van der Waals surface area contributed by atoms with Gasteiger partial charge in [0, 0.05) is 17.5 Å². The molecule has 3 heterocycles. The fourth-order valence-electron chi connectivity index (χ4n) is 8.79. The highest BCUT2D eigenvalue weighted by Crippen LogP contribution is 2.75. The normalized spacial score (nSPS) is 47.9. The molecule has 146 valence electrons. The van der Waals surface area contributed by atoms with Crippen LogP contribution in [0.15, 0.2) is 24.3 Å². The Balaban J connectivity index is 0.00000160. The van der Waals surface area contributed by atoms with Gasteiger partial charge < -0.3 is 26.9 Å². The van der Waals surface area contributed by atoms with Gasteiger partial charge in [-0.15, -0.1) is 0 Å². The number of esters is 1. The second-order valence-electron chi connectivity index (χ2n) is 9.94. The minimum Gasteiger partial charge on any atom is -1.00 e. The fraction of sp³-hybridized carbons (Fsp3) is 0.682. The van der Waals surface area contributed by atoms with Gasteiger partial charge in [0.1, 0.15) is 6.04 Å². The van der Waals surface area contributed by atoms with E-state index in [1.54, 1.807) is 7.11 Å². The number of hydrogen-bond donors (Lipinski definition) is 1. The number of ether oxygens (including phenoxy) is 1. The van der Waals surface area contributed by atoms with Crippen molar-refractivity contribution in [2.24, 2.45) is 11.3 Å². The molecule has 0 radical (unpaired) electrons. The summed E-state index contributed by atoms with van der Waals surface area (Å²) in [6.07, 6.45) is 7.19. The quantitative estimate of drug-likeness (QED) is 0.547. The van der Waals surface area contributed by atoms with Crippen molar-refractivity contribution < 1.29 is 26.4 Å². The summed E-state index contributed by atoms with van der Waals surface area (Å²) < 4.78 is 6.58. The van der Waals surface area contributed by atoms with E-state index in [2.05, 4.69) is 36.6 Å². The number of nitrogens with zero attached hydrogens (tertiary/aromatic N) is 1. The van der Waals surface area contributed by atoms with Gasteiger partial charge in [-0.25, -0.2) is 0 Å². The van der Waals surface area contributed by atoms with E-state index in [4.69, 9.17) is 4.74 Å². The van der Waals surface area contributed by atoms with Gasteiger partial charge in [0.25, 0.3) is 0 Å². The predicted molar refractivity (Wildman–Crippen MR) is 99.8 cm³/mol. The first kappa shape index (κ1) is 17.8. The maximum absolute atomic E-state index is 13.0. The first-order valence-corrected chi connectivity index (χ1v) is 10.3. The minimum atomic E-state index is -0.149. The van der Waals surface area contributed by atoms with E-state index in [-0.39, 0.29) is 35.2 Å². The molecule has 3 aliphatic heterocycles. The van der Waals surface area contributed by atoms with Gasteiger partial charge in [-0.05, 0) is 43.7 Å². The molecular weight excluding hydrogens is 360 g/mol. The Morgan fingerprint density at radius 2 is 2.00 bits per heavy atom. The van der Waals surface area contributed by atoms with Crippen LogP contribution in [0, 0.1) is 11.3 Å². The Kier molecular flexibility index (Phi) is 3.44. The fourth-order valence-corrected chi connectivity index (χ4v) is 8.79. The molecule has 6 aliphatic rings. The maximum Gasteiger partial charge on any atom is 0.311 e. The number of halogens is 1. The number of carbonyl (C=O) groups excluding carboxylic acids is 1. The maximum atomic E-state index is 13.0. The standard InChI is InChI=1S/C22H29N2O2.ClH/c1-24-12-5-8-20-9-10-22(16(14-20)18(25)26-2)21(11-13-24,19(20)24)15-6-3-4-7-17(15)23-22;/h3-4,6-7,16,19,23H,5,8-14H2,1-2H3;1H/q+1;/p-1/t16?,19-,20?,21?,22?,24?;/m0./s1. The smallest absolute Gasteiger partial charge is 0.311 e. The van der Waals surface area contributed by atoms with Gasteiger partial charge in [0.05, 0.1) is 44.1 Å². The first-order chi connectivity index (χ1) is 12.5. The molecule has 1 N–H and O–H groups in total. The first-order valence-electron chi connectivity index (χ1n) is 10.3. The lowest BCUT2D eigenvalue weighted by Gasteiger charge is -2.68. The molecule has 3 aliphatic carbocycles. The molecule has 1 aromatic carbocycles. The topological polar surface area (TPSA) is 38.3 Å². The molecule has 5 unspecified atom stereocenters. The number of para-hydroxylation sites is 1. The number of piperidine rings is 1. The van der Waals surface area contributed by atoms with Crippen LogP contribution in [-0.4, -0.2) is 49.3 Å². The van der Waals surface area contributed by atoms with Crippen molar-refractivity contribution in [1.82, 2.24) is 0 Å². The zero-order valence-electron chi connectivity index (χ0n) is 16.3. The summed E-state index contributed by atoms with van der Waals surface area (Å²) in [6, 6.07) is 9.56. The number of fused-ring (bicyclic) bond motifs is 3. The van der Waals surface area contributed by atoms with Crippen molar-refractivity contribution in [3.63, 3.8) is 0 Å². The number of methoxy groups -OCH3 is 1. The average Bonchev–Trinajstić information content (AvgIpc) is 3.15. The summed E-state index contributed by atoms with van der Waals surface area (Å²) >= 11 is 0.